The number of aromatic nitrogens is 3. The lowest BCUT2D eigenvalue weighted by Crippen LogP contribution is -2.34. The highest BCUT2D eigenvalue weighted by atomic mass is 32.2. The second-order valence-electron chi connectivity index (χ2n) is 5.35. The van der Waals surface area contributed by atoms with Gasteiger partial charge >= 0.3 is 0 Å². The Hall–Kier alpha value is -2.35. The lowest BCUT2D eigenvalue weighted by Gasteiger charge is -2.20. The summed E-state index contributed by atoms with van der Waals surface area (Å²) in [5.74, 6) is 0.0105. The maximum absolute atomic E-state index is 12.5. The summed E-state index contributed by atoms with van der Waals surface area (Å²) in [4.78, 5) is 24.2. The minimum atomic E-state index is -0.380. The first kappa shape index (κ1) is 18.0. The molecule has 1 aromatic carbocycles. The summed E-state index contributed by atoms with van der Waals surface area (Å²) in [6.45, 7) is 3.89. The molecule has 1 amide bonds. The van der Waals surface area contributed by atoms with Crippen LogP contribution in [0.1, 0.15) is 38.3 Å². The van der Waals surface area contributed by atoms with Gasteiger partial charge in [-0.1, -0.05) is 55.4 Å². The molecule has 24 heavy (non-hydrogen) atoms. The molecule has 0 saturated carbocycles. The predicted molar refractivity (Wildman–Crippen MR) is 96.2 cm³/mol. The van der Waals surface area contributed by atoms with Gasteiger partial charge in [-0.3, -0.25) is 4.79 Å². The molecule has 2 aromatic rings. The van der Waals surface area contributed by atoms with Crippen molar-refractivity contribution in [1.82, 2.24) is 20.3 Å². The first-order chi connectivity index (χ1) is 11.5. The van der Waals surface area contributed by atoms with Gasteiger partial charge in [-0.25, -0.2) is 0 Å². The van der Waals surface area contributed by atoms with E-state index >= 15 is 0 Å². The van der Waals surface area contributed by atoms with Crippen LogP contribution in [0.15, 0.2) is 35.5 Å². The molecule has 5 N–H and O–H groups in total. The van der Waals surface area contributed by atoms with Crippen molar-refractivity contribution in [3.63, 3.8) is 0 Å². The molecule has 0 bridgehead atoms. The second kappa shape index (κ2) is 8.49. The van der Waals surface area contributed by atoms with Gasteiger partial charge in [0.15, 0.2) is 5.16 Å². The molecule has 0 aliphatic carbocycles. The van der Waals surface area contributed by atoms with E-state index in [1.807, 2.05) is 30.3 Å². The average molecular weight is 346 g/mol. The van der Waals surface area contributed by atoms with Gasteiger partial charge in [-0.05, 0) is 18.9 Å². The lowest BCUT2D eigenvalue weighted by atomic mass is 10.0. The van der Waals surface area contributed by atoms with Gasteiger partial charge in [0.05, 0.1) is 11.3 Å². The van der Waals surface area contributed by atoms with E-state index in [0.29, 0.717) is 5.16 Å². The fraction of sp³-hybridized carbons (Fsp3) is 0.375. The molecule has 7 nitrogen and oxygen atoms in total. The molecule has 8 heteroatoms. The van der Waals surface area contributed by atoms with Gasteiger partial charge < -0.3 is 16.8 Å². The predicted octanol–water partition coefficient (Wildman–Crippen LogP) is 2.17. The van der Waals surface area contributed by atoms with Crippen LogP contribution in [0, 0.1) is 0 Å². The second-order valence-corrected chi connectivity index (χ2v) is 6.66. The number of thioether (sulfide) groups is 1. The minimum Gasteiger partial charge on any atom is -0.368 e. The number of hydrogen-bond donors (Lipinski definition) is 3. The van der Waals surface area contributed by atoms with E-state index in [-0.39, 0.29) is 29.1 Å². The Morgan fingerprint density at radius 1 is 1.17 bits per heavy atom. The van der Waals surface area contributed by atoms with Crippen LogP contribution in [0.25, 0.3) is 0 Å². The molecule has 0 saturated heterocycles. The third-order valence-corrected chi connectivity index (χ3v) is 4.36. The Labute approximate surface area is 145 Å². The van der Waals surface area contributed by atoms with Crippen LogP contribution in [-0.2, 0) is 4.79 Å². The molecular weight excluding hydrogens is 324 g/mol. The first-order valence-electron chi connectivity index (χ1n) is 7.78. The third-order valence-electron chi connectivity index (χ3n) is 3.40. The number of nitrogen functional groups attached to an aromatic ring is 2. The summed E-state index contributed by atoms with van der Waals surface area (Å²) >= 11 is 1.20. The zero-order chi connectivity index (χ0) is 17.5. The van der Waals surface area contributed by atoms with Crippen LogP contribution in [0.5, 0.6) is 0 Å². The van der Waals surface area contributed by atoms with Crippen molar-refractivity contribution >= 4 is 29.6 Å². The van der Waals surface area contributed by atoms with E-state index in [1.54, 1.807) is 6.92 Å². The number of rotatable bonds is 7. The standard InChI is InChI=1S/C16H22N6OS/c1-3-7-12(11-8-5-4-6-9-11)19-13(23)10(2)24-16-21-14(17)20-15(18)22-16/h4-6,8-10,12H,3,7H2,1-2H3,(H,19,23)(H4,17,18,20,21,22)/t10-,12-/m0/s1. The highest BCUT2D eigenvalue weighted by Crippen LogP contribution is 2.23. The van der Waals surface area contributed by atoms with Crippen LogP contribution >= 0.6 is 11.8 Å². The molecule has 0 fully saturated rings. The molecule has 0 aliphatic rings. The highest BCUT2D eigenvalue weighted by molar-refractivity contribution is 8.00. The number of benzene rings is 1. The van der Waals surface area contributed by atoms with E-state index < -0.39 is 0 Å². The molecular formula is C16H22N6OS. The number of carbonyl (C=O) groups is 1. The summed E-state index contributed by atoms with van der Waals surface area (Å²) in [6, 6.07) is 9.93. The summed E-state index contributed by atoms with van der Waals surface area (Å²) in [6.07, 6.45) is 1.85. The number of hydrogen-bond acceptors (Lipinski definition) is 7. The van der Waals surface area contributed by atoms with Crippen molar-refractivity contribution in [2.45, 2.75) is 43.1 Å². The van der Waals surface area contributed by atoms with Gasteiger partial charge in [0.25, 0.3) is 0 Å². The quantitative estimate of drug-likeness (QED) is 0.657. The Morgan fingerprint density at radius 2 is 1.79 bits per heavy atom. The zero-order valence-electron chi connectivity index (χ0n) is 13.8. The zero-order valence-corrected chi connectivity index (χ0v) is 14.6. The van der Waals surface area contributed by atoms with Crippen LogP contribution in [0.2, 0.25) is 0 Å². The number of nitrogens with zero attached hydrogens (tertiary/aromatic N) is 3. The Balaban J connectivity index is 2.03. The number of nitrogens with two attached hydrogens (primary N) is 2. The van der Waals surface area contributed by atoms with Crippen LogP contribution in [-0.4, -0.2) is 26.1 Å². The largest absolute Gasteiger partial charge is 0.368 e. The van der Waals surface area contributed by atoms with Crippen molar-refractivity contribution in [3.8, 4) is 0 Å². The number of anilines is 2. The number of amides is 1. The summed E-state index contributed by atoms with van der Waals surface area (Å²) in [5.41, 5.74) is 12.2. The molecule has 1 aromatic heterocycles. The molecule has 2 atom stereocenters. The fourth-order valence-electron chi connectivity index (χ4n) is 2.24. The Morgan fingerprint density at radius 3 is 2.38 bits per heavy atom. The van der Waals surface area contributed by atoms with Crippen LogP contribution < -0.4 is 16.8 Å². The van der Waals surface area contributed by atoms with Crippen LogP contribution in [0.3, 0.4) is 0 Å². The Kier molecular flexibility index (Phi) is 6.36. The average Bonchev–Trinajstić information content (AvgIpc) is 2.54. The highest BCUT2D eigenvalue weighted by Gasteiger charge is 2.20. The smallest absolute Gasteiger partial charge is 0.233 e. The van der Waals surface area contributed by atoms with Crippen molar-refractivity contribution in [2.75, 3.05) is 11.5 Å². The van der Waals surface area contributed by atoms with Crippen molar-refractivity contribution in [1.29, 1.82) is 0 Å². The van der Waals surface area contributed by atoms with Gasteiger partial charge in [0.2, 0.25) is 17.8 Å². The van der Waals surface area contributed by atoms with Gasteiger partial charge in [0.1, 0.15) is 0 Å². The fourth-order valence-corrected chi connectivity index (χ4v) is 3.02. The van der Waals surface area contributed by atoms with E-state index in [0.717, 1.165) is 18.4 Å². The van der Waals surface area contributed by atoms with E-state index in [1.165, 1.54) is 11.8 Å². The number of nitrogens with one attached hydrogen (secondary N) is 1. The summed E-state index contributed by atoms with van der Waals surface area (Å²) < 4.78 is 0. The summed E-state index contributed by atoms with van der Waals surface area (Å²) in [5, 5.41) is 3.05. The topological polar surface area (TPSA) is 120 Å². The SMILES string of the molecule is CCC[C@H](NC(=O)[C@H](C)Sc1nc(N)nc(N)n1)c1ccccc1. The summed E-state index contributed by atoms with van der Waals surface area (Å²) in [7, 11) is 0. The molecule has 0 unspecified atom stereocenters. The lowest BCUT2D eigenvalue weighted by molar-refractivity contribution is -0.121. The van der Waals surface area contributed by atoms with E-state index in [2.05, 4.69) is 27.2 Å². The van der Waals surface area contributed by atoms with Crippen molar-refractivity contribution in [3.05, 3.63) is 35.9 Å². The molecule has 1 heterocycles. The molecule has 2 rings (SSSR count). The normalized spacial score (nSPS) is 13.2. The van der Waals surface area contributed by atoms with Crippen LogP contribution in [0.4, 0.5) is 11.9 Å². The maximum Gasteiger partial charge on any atom is 0.233 e. The van der Waals surface area contributed by atoms with E-state index in [9.17, 15) is 4.79 Å². The molecule has 0 aliphatic heterocycles. The number of carbonyl (C=O) groups excluding carboxylic acids is 1. The maximum atomic E-state index is 12.5. The molecule has 0 spiro atoms. The van der Waals surface area contributed by atoms with Crippen molar-refractivity contribution in [2.24, 2.45) is 0 Å². The minimum absolute atomic E-state index is 0.0137. The van der Waals surface area contributed by atoms with E-state index in [4.69, 9.17) is 11.5 Å². The first-order valence-corrected chi connectivity index (χ1v) is 8.66. The van der Waals surface area contributed by atoms with Gasteiger partial charge in [0, 0.05) is 0 Å². The third kappa shape index (κ3) is 5.09. The van der Waals surface area contributed by atoms with Gasteiger partial charge in [-0.15, -0.1) is 0 Å². The van der Waals surface area contributed by atoms with Gasteiger partial charge in [-0.2, -0.15) is 15.0 Å². The molecule has 0 radical (unpaired) electrons. The Bertz CT molecular complexity index is 661. The monoisotopic (exact) mass is 346 g/mol. The molecule has 128 valence electrons. The van der Waals surface area contributed by atoms with Crippen molar-refractivity contribution < 1.29 is 4.79 Å².